The van der Waals surface area contributed by atoms with E-state index in [0.29, 0.717) is 23.5 Å². The molecule has 0 aliphatic carbocycles. The van der Waals surface area contributed by atoms with Gasteiger partial charge in [0.15, 0.2) is 0 Å². The van der Waals surface area contributed by atoms with Gasteiger partial charge < -0.3 is 9.88 Å². The monoisotopic (exact) mass is 354 g/mol. The van der Waals surface area contributed by atoms with Crippen LogP contribution < -0.4 is 5.56 Å². The van der Waals surface area contributed by atoms with Crippen LogP contribution in [0, 0.1) is 6.92 Å². The lowest BCUT2D eigenvalue weighted by atomic mass is 10.1. The summed E-state index contributed by atoms with van der Waals surface area (Å²) < 4.78 is 0. The number of amides is 1. The summed E-state index contributed by atoms with van der Waals surface area (Å²) in [6.45, 7) is 5.07. The van der Waals surface area contributed by atoms with Crippen LogP contribution in [-0.2, 0) is 6.54 Å². The number of fused-ring (bicyclic) bond motifs is 1. The van der Waals surface area contributed by atoms with E-state index in [1.165, 1.54) is 11.3 Å². The fourth-order valence-corrected chi connectivity index (χ4v) is 3.53. The van der Waals surface area contributed by atoms with Crippen molar-refractivity contribution in [3.63, 3.8) is 0 Å². The van der Waals surface area contributed by atoms with Gasteiger partial charge in [-0.25, -0.2) is 0 Å². The molecule has 0 unspecified atom stereocenters. The molecule has 0 saturated carbocycles. The average Bonchev–Trinajstić information content (AvgIpc) is 3.13. The van der Waals surface area contributed by atoms with E-state index in [1.54, 1.807) is 4.90 Å². The second kappa shape index (κ2) is 7.66. The van der Waals surface area contributed by atoms with E-state index in [-0.39, 0.29) is 11.5 Å². The van der Waals surface area contributed by atoms with Gasteiger partial charge in [-0.15, -0.1) is 11.3 Å². The Morgan fingerprint density at radius 3 is 2.80 bits per heavy atom. The van der Waals surface area contributed by atoms with Crippen LogP contribution in [0.25, 0.3) is 10.9 Å². The zero-order valence-corrected chi connectivity index (χ0v) is 15.4. The first kappa shape index (κ1) is 17.4. The highest BCUT2D eigenvalue weighted by Crippen LogP contribution is 2.17. The topological polar surface area (TPSA) is 53.2 Å². The number of aromatic amines is 1. The number of aryl methyl sites for hydroxylation is 1. The summed E-state index contributed by atoms with van der Waals surface area (Å²) in [4.78, 5) is 30.7. The maximum atomic E-state index is 12.8. The molecule has 0 radical (unpaired) electrons. The smallest absolute Gasteiger partial charge is 0.264 e. The number of nitrogens with zero attached hydrogens (tertiary/aromatic N) is 1. The molecule has 4 nitrogen and oxygen atoms in total. The molecular weight excluding hydrogens is 332 g/mol. The van der Waals surface area contributed by atoms with Gasteiger partial charge in [-0.3, -0.25) is 9.59 Å². The maximum absolute atomic E-state index is 12.8. The van der Waals surface area contributed by atoms with Gasteiger partial charge in [0.25, 0.3) is 11.5 Å². The Kier molecular flexibility index (Phi) is 5.34. The molecule has 25 heavy (non-hydrogen) atoms. The number of benzene rings is 1. The lowest BCUT2D eigenvalue weighted by molar-refractivity contribution is 0.0745. The van der Waals surface area contributed by atoms with Crippen molar-refractivity contribution in [2.75, 3.05) is 6.54 Å². The Morgan fingerprint density at radius 2 is 2.08 bits per heavy atom. The largest absolute Gasteiger partial charge is 0.333 e. The molecule has 3 rings (SSSR count). The highest BCUT2D eigenvalue weighted by molar-refractivity contribution is 7.12. The van der Waals surface area contributed by atoms with E-state index in [1.807, 2.05) is 48.7 Å². The Labute approximate surface area is 151 Å². The molecule has 1 aromatic carbocycles. The van der Waals surface area contributed by atoms with Gasteiger partial charge in [-0.05, 0) is 47.9 Å². The third-order valence-corrected chi connectivity index (χ3v) is 5.10. The van der Waals surface area contributed by atoms with Crippen LogP contribution in [0.2, 0.25) is 0 Å². The lowest BCUT2D eigenvalue weighted by Gasteiger charge is -2.22. The van der Waals surface area contributed by atoms with Gasteiger partial charge in [-0.1, -0.05) is 31.5 Å². The number of H-pyrrole nitrogens is 1. The average molecular weight is 354 g/mol. The lowest BCUT2D eigenvalue weighted by Crippen LogP contribution is -2.33. The van der Waals surface area contributed by atoms with Crippen LogP contribution >= 0.6 is 11.3 Å². The first-order valence-electron chi connectivity index (χ1n) is 8.54. The molecule has 0 aliphatic rings. The van der Waals surface area contributed by atoms with Gasteiger partial charge in [0.05, 0.1) is 11.4 Å². The minimum atomic E-state index is -0.126. The number of hydrogen-bond acceptors (Lipinski definition) is 3. The molecule has 3 aromatic rings. The minimum absolute atomic E-state index is 0.00754. The molecule has 2 aromatic heterocycles. The van der Waals surface area contributed by atoms with Crippen molar-refractivity contribution in [3.8, 4) is 0 Å². The number of carbonyl (C=O) groups excluding carboxylic acids is 1. The Morgan fingerprint density at radius 1 is 1.24 bits per heavy atom. The SMILES string of the molecule is CCCCN(Cc1cc2ccc(C)cc2[nH]c1=O)C(=O)c1cccs1. The Bertz CT molecular complexity index is 929. The Balaban J connectivity index is 1.92. The van der Waals surface area contributed by atoms with Crippen molar-refractivity contribution in [1.82, 2.24) is 9.88 Å². The zero-order valence-electron chi connectivity index (χ0n) is 14.5. The van der Waals surface area contributed by atoms with Crippen LogP contribution in [0.5, 0.6) is 0 Å². The minimum Gasteiger partial charge on any atom is -0.333 e. The molecule has 0 bridgehead atoms. The molecule has 1 amide bonds. The standard InChI is InChI=1S/C20H22N2O2S/c1-3-4-9-22(20(24)18-6-5-10-25-18)13-16-12-15-8-7-14(2)11-17(15)21-19(16)23/h5-8,10-12H,3-4,9,13H2,1-2H3,(H,21,23). The first-order valence-corrected chi connectivity index (χ1v) is 9.42. The van der Waals surface area contributed by atoms with E-state index in [4.69, 9.17) is 0 Å². The molecule has 0 spiro atoms. The predicted octanol–water partition coefficient (Wildman–Crippen LogP) is 4.34. The number of nitrogens with one attached hydrogen (secondary N) is 1. The quantitative estimate of drug-likeness (QED) is 0.716. The number of unbranched alkanes of at least 4 members (excludes halogenated alkanes) is 1. The van der Waals surface area contributed by atoms with Gasteiger partial charge >= 0.3 is 0 Å². The van der Waals surface area contributed by atoms with Crippen molar-refractivity contribution in [2.45, 2.75) is 33.2 Å². The normalized spacial score (nSPS) is 11.0. The van der Waals surface area contributed by atoms with Gasteiger partial charge in [-0.2, -0.15) is 0 Å². The fourth-order valence-electron chi connectivity index (χ4n) is 2.84. The molecule has 0 aliphatic heterocycles. The number of hydrogen-bond donors (Lipinski definition) is 1. The van der Waals surface area contributed by atoms with Gasteiger partial charge in [0, 0.05) is 17.6 Å². The molecule has 130 valence electrons. The van der Waals surface area contributed by atoms with E-state index in [2.05, 4.69) is 11.9 Å². The van der Waals surface area contributed by atoms with Crippen molar-refractivity contribution in [1.29, 1.82) is 0 Å². The van der Waals surface area contributed by atoms with Crippen LogP contribution in [-0.4, -0.2) is 22.3 Å². The van der Waals surface area contributed by atoms with Crippen LogP contribution in [0.1, 0.15) is 40.6 Å². The van der Waals surface area contributed by atoms with E-state index >= 15 is 0 Å². The van der Waals surface area contributed by atoms with Crippen molar-refractivity contribution in [3.05, 3.63) is 68.1 Å². The first-order chi connectivity index (χ1) is 12.1. The van der Waals surface area contributed by atoms with Crippen molar-refractivity contribution in [2.24, 2.45) is 0 Å². The summed E-state index contributed by atoms with van der Waals surface area (Å²) in [5.74, 6) is -0.00754. The summed E-state index contributed by atoms with van der Waals surface area (Å²) in [6, 6.07) is 11.6. The summed E-state index contributed by atoms with van der Waals surface area (Å²) in [6.07, 6.45) is 1.92. The predicted molar refractivity (Wildman–Crippen MR) is 103 cm³/mol. The zero-order chi connectivity index (χ0) is 17.8. The van der Waals surface area contributed by atoms with E-state index in [9.17, 15) is 9.59 Å². The van der Waals surface area contributed by atoms with Crippen molar-refractivity contribution >= 4 is 28.1 Å². The molecule has 0 atom stereocenters. The molecule has 0 fully saturated rings. The molecule has 1 N–H and O–H groups in total. The molecule has 5 heteroatoms. The van der Waals surface area contributed by atoms with Gasteiger partial charge in [0.1, 0.15) is 0 Å². The van der Waals surface area contributed by atoms with Crippen molar-refractivity contribution < 1.29 is 4.79 Å². The second-order valence-corrected chi connectivity index (χ2v) is 7.22. The second-order valence-electron chi connectivity index (χ2n) is 6.27. The molecular formula is C20H22N2O2S. The van der Waals surface area contributed by atoms with Crippen LogP contribution in [0.3, 0.4) is 0 Å². The number of carbonyl (C=O) groups is 1. The number of aromatic nitrogens is 1. The fraction of sp³-hybridized carbons (Fsp3) is 0.300. The summed E-state index contributed by atoms with van der Waals surface area (Å²) in [7, 11) is 0. The number of thiophene rings is 1. The van der Waals surface area contributed by atoms with Gasteiger partial charge in [0.2, 0.25) is 0 Å². The Hall–Kier alpha value is -2.40. The van der Waals surface area contributed by atoms with E-state index in [0.717, 1.165) is 29.3 Å². The maximum Gasteiger partial charge on any atom is 0.264 e. The molecule has 2 heterocycles. The number of pyridine rings is 1. The summed E-state index contributed by atoms with van der Waals surface area (Å²) in [5.41, 5.74) is 2.43. The summed E-state index contributed by atoms with van der Waals surface area (Å²) in [5, 5.41) is 2.88. The summed E-state index contributed by atoms with van der Waals surface area (Å²) >= 11 is 1.43. The van der Waals surface area contributed by atoms with Crippen LogP contribution in [0.4, 0.5) is 0 Å². The highest BCUT2D eigenvalue weighted by Gasteiger charge is 2.18. The number of rotatable bonds is 6. The van der Waals surface area contributed by atoms with E-state index < -0.39 is 0 Å². The van der Waals surface area contributed by atoms with Crippen LogP contribution in [0.15, 0.2) is 46.6 Å². The third kappa shape index (κ3) is 3.99. The highest BCUT2D eigenvalue weighted by atomic mass is 32.1. The third-order valence-electron chi connectivity index (χ3n) is 4.24. The molecule has 0 saturated heterocycles.